The number of likely N-dealkylation sites (tertiary alicyclic amines) is 1. The number of carbonyl (C=O) groups excluding carboxylic acids is 1. The second-order valence-electron chi connectivity index (χ2n) is 6.62. The number of carbonyl (C=O) groups is 1. The van der Waals surface area contributed by atoms with Crippen LogP contribution in [0.3, 0.4) is 0 Å². The summed E-state index contributed by atoms with van der Waals surface area (Å²) in [6.45, 7) is 7.76. The Balaban J connectivity index is 1.68. The van der Waals surface area contributed by atoms with Crippen LogP contribution in [0.5, 0.6) is 11.5 Å². The van der Waals surface area contributed by atoms with Gasteiger partial charge in [0, 0.05) is 19.1 Å². The molecule has 0 aromatic heterocycles. The molecule has 1 amide bonds. The molecule has 24 heavy (non-hydrogen) atoms. The maximum atomic E-state index is 12.7. The summed E-state index contributed by atoms with van der Waals surface area (Å²) in [5, 5.41) is 0. The van der Waals surface area contributed by atoms with Crippen molar-refractivity contribution in [3.63, 3.8) is 0 Å². The van der Waals surface area contributed by atoms with Gasteiger partial charge in [0.1, 0.15) is 0 Å². The van der Waals surface area contributed by atoms with E-state index in [0.29, 0.717) is 19.4 Å². The van der Waals surface area contributed by atoms with Gasteiger partial charge in [0.15, 0.2) is 11.5 Å². The molecule has 2 aliphatic heterocycles. The molecule has 132 valence electrons. The van der Waals surface area contributed by atoms with E-state index in [1.165, 1.54) is 5.56 Å². The van der Waals surface area contributed by atoms with Gasteiger partial charge in [-0.3, -0.25) is 9.69 Å². The number of rotatable bonds is 7. The van der Waals surface area contributed by atoms with E-state index in [0.717, 1.165) is 56.8 Å². The van der Waals surface area contributed by atoms with Crippen LogP contribution in [0.2, 0.25) is 0 Å². The molecule has 1 saturated heterocycles. The van der Waals surface area contributed by atoms with Gasteiger partial charge < -0.3 is 14.4 Å². The highest BCUT2D eigenvalue weighted by molar-refractivity contribution is 5.78. The van der Waals surface area contributed by atoms with Crippen molar-refractivity contribution in [1.29, 1.82) is 0 Å². The average molecular weight is 332 g/mol. The van der Waals surface area contributed by atoms with Crippen molar-refractivity contribution in [2.75, 3.05) is 33.0 Å². The molecule has 1 atom stereocenters. The van der Waals surface area contributed by atoms with Crippen LogP contribution >= 0.6 is 0 Å². The predicted molar refractivity (Wildman–Crippen MR) is 93.3 cm³/mol. The lowest BCUT2D eigenvalue weighted by molar-refractivity contribution is -0.132. The van der Waals surface area contributed by atoms with Crippen LogP contribution in [0.25, 0.3) is 0 Å². The molecule has 1 aromatic carbocycles. The summed E-state index contributed by atoms with van der Waals surface area (Å²) in [6, 6.07) is 6.47. The minimum absolute atomic E-state index is 0.256. The van der Waals surface area contributed by atoms with Crippen molar-refractivity contribution in [2.45, 2.75) is 45.6 Å². The van der Waals surface area contributed by atoms with Crippen molar-refractivity contribution in [2.24, 2.45) is 0 Å². The lowest BCUT2D eigenvalue weighted by Gasteiger charge is -2.28. The van der Waals surface area contributed by atoms with Crippen LogP contribution < -0.4 is 9.47 Å². The molecule has 1 fully saturated rings. The Hall–Kier alpha value is -1.75. The minimum Gasteiger partial charge on any atom is -0.454 e. The Kier molecular flexibility index (Phi) is 5.61. The standard InChI is InChI=1S/C19H28N2O3/c1-3-9-20(10-4-2)19(22)13-21-11-5-6-16(21)15-7-8-17-18(12-15)24-14-23-17/h7-8,12,16H,3-6,9-11,13-14H2,1-2H3. The summed E-state index contributed by atoms with van der Waals surface area (Å²) in [5.41, 5.74) is 1.22. The number of hydrogen-bond acceptors (Lipinski definition) is 4. The molecule has 0 bridgehead atoms. The maximum absolute atomic E-state index is 12.7. The van der Waals surface area contributed by atoms with E-state index >= 15 is 0 Å². The van der Waals surface area contributed by atoms with Crippen LogP contribution in [0.15, 0.2) is 18.2 Å². The predicted octanol–water partition coefficient (Wildman–Crippen LogP) is 3.20. The number of nitrogens with zero attached hydrogens (tertiary/aromatic N) is 2. The molecule has 1 aromatic rings. The molecular weight excluding hydrogens is 304 g/mol. The zero-order chi connectivity index (χ0) is 16.9. The van der Waals surface area contributed by atoms with Gasteiger partial charge >= 0.3 is 0 Å². The third-order valence-corrected chi connectivity index (χ3v) is 4.82. The van der Waals surface area contributed by atoms with Gasteiger partial charge in [-0.15, -0.1) is 0 Å². The fourth-order valence-electron chi connectivity index (χ4n) is 3.69. The van der Waals surface area contributed by atoms with Gasteiger partial charge in [-0.25, -0.2) is 0 Å². The fraction of sp³-hybridized carbons (Fsp3) is 0.632. The van der Waals surface area contributed by atoms with E-state index in [4.69, 9.17) is 9.47 Å². The summed E-state index contributed by atoms with van der Waals surface area (Å²) < 4.78 is 10.9. The second-order valence-corrected chi connectivity index (χ2v) is 6.62. The second kappa shape index (κ2) is 7.88. The molecule has 0 radical (unpaired) electrons. The summed E-state index contributed by atoms with van der Waals surface area (Å²) in [5.74, 6) is 1.90. The number of benzene rings is 1. The molecule has 2 heterocycles. The van der Waals surface area contributed by atoms with E-state index in [1.54, 1.807) is 0 Å². The van der Waals surface area contributed by atoms with E-state index in [9.17, 15) is 4.79 Å². The smallest absolute Gasteiger partial charge is 0.236 e. The first-order valence-electron chi connectivity index (χ1n) is 9.14. The molecule has 2 aliphatic rings. The first kappa shape index (κ1) is 17.1. The van der Waals surface area contributed by atoms with Gasteiger partial charge in [-0.2, -0.15) is 0 Å². The molecule has 0 saturated carbocycles. The largest absolute Gasteiger partial charge is 0.454 e. The molecule has 0 spiro atoms. The van der Waals surface area contributed by atoms with Crippen molar-refractivity contribution < 1.29 is 14.3 Å². The number of amides is 1. The Morgan fingerprint density at radius 3 is 2.71 bits per heavy atom. The summed E-state index contributed by atoms with van der Waals surface area (Å²) in [7, 11) is 0. The lowest BCUT2D eigenvalue weighted by atomic mass is 10.0. The van der Waals surface area contributed by atoms with Gasteiger partial charge in [0.05, 0.1) is 6.54 Å². The van der Waals surface area contributed by atoms with E-state index in [2.05, 4.69) is 30.9 Å². The van der Waals surface area contributed by atoms with Crippen LogP contribution in [-0.2, 0) is 4.79 Å². The van der Waals surface area contributed by atoms with Crippen molar-refractivity contribution in [3.05, 3.63) is 23.8 Å². The van der Waals surface area contributed by atoms with Crippen molar-refractivity contribution in [3.8, 4) is 11.5 Å². The Labute approximate surface area is 144 Å². The summed E-state index contributed by atoms with van der Waals surface area (Å²) in [6.07, 6.45) is 4.25. The third kappa shape index (κ3) is 3.66. The summed E-state index contributed by atoms with van der Waals surface area (Å²) in [4.78, 5) is 17.0. The minimum atomic E-state index is 0.256. The van der Waals surface area contributed by atoms with Gasteiger partial charge in [-0.1, -0.05) is 19.9 Å². The van der Waals surface area contributed by atoms with Crippen LogP contribution in [0.4, 0.5) is 0 Å². The third-order valence-electron chi connectivity index (χ3n) is 4.82. The topological polar surface area (TPSA) is 42.0 Å². The van der Waals surface area contributed by atoms with E-state index in [-0.39, 0.29) is 5.91 Å². The normalized spacial score (nSPS) is 19.7. The zero-order valence-electron chi connectivity index (χ0n) is 14.8. The van der Waals surface area contributed by atoms with E-state index in [1.807, 2.05) is 11.0 Å². The quantitative estimate of drug-likeness (QED) is 0.769. The van der Waals surface area contributed by atoms with Gasteiger partial charge in [-0.05, 0) is 49.9 Å². The van der Waals surface area contributed by atoms with Crippen LogP contribution in [0.1, 0.15) is 51.1 Å². The molecule has 0 aliphatic carbocycles. The average Bonchev–Trinajstić information content (AvgIpc) is 3.22. The molecule has 5 nitrogen and oxygen atoms in total. The Morgan fingerprint density at radius 2 is 1.96 bits per heavy atom. The maximum Gasteiger partial charge on any atom is 0.236 e. The zero-order valence-corrected chi connectivity index (χ0v) is 14.8. The highest BCUT2D eigenvalue weighted by Gasteiger charge is 2.30. The van der Waals surface area contributed by atoms with Crippen molar-refractivity contribution in [1.82, 2.24) is 9.80 Å². The molecule has 1 unspecified atom stereocenters. The number of ether oxygens (including phenoxy) is 2. The monoisotopic (exact) mass is 332 g/mol. The Bertz CT molecular complexity index is 570. The lowest BCUT2D eigenvalue weighted by Crippen LogP contribution is -2.41. The highest BCUT2D eigenvalue weighted by atomic mass is 16.7. The Morgan fingerprint density at radius 1 is 1.21 bits per heavy atom. The SMILES string of the molecule is CCCN(CCC)C(=O)CN1CCCC1c1ccc2c(c1)OCO2. The molecule has 0 N–H and O–H groups in total. The summed E-state index contributed by atoms with van der Waals surface area (Å²) >= 11 is 0. The number of hydrogen-bond donors (Lipinski definition) is 0. The molecule has 5 heteroatoms. The first-order valence-corrected chi connectivity index (χ1v) is 9.14. The first-order chi connectivity index (χ1) is 11.7. The van der Waals surface area contributed by atoms with E-state index < -0.39 is 0 Å². The van der Waals surface area contributed by atoms with Crippen LogP contribution in [-0.4, -0.2) is 48.7 Å². The number of fused-ring (bicyclic) bond motifs is 1. The molecule has 3 rings (SSSR count). The fourth-order valence-corrected chi connectivity index (χ4v) is 3.69. The highest BCUT2D eigenvalue weighted by Crippen LogP contribution is 2.38. The van der Waals surface area contributed by atoms with Gasteiger partial charge in [0.25, 0.3) is 0 Å². The van der Waals surface area contributed by atoms with Crippen LogP contribution in [0, 0.1) is 0 Å². The van der Waals surface area contributed by atoms with Gasteiger partial charge in [0.2, 0.25) is 12.7 Å². The van der Waals surface area contributed by atoms with Crippen molar-refractivity contribution >= 4 is 5.91 Å². The molecular formula is C19H28N2O3.